The monoisotopic (exact) mass is 392 g/mol. The lowest BCUT2D eigenvalue weighted by atomic mass is 9.85. The van der Waals surface area contributed by atoms with Crippen molar-refractivity contribution in [2.45, 2.75) is 6.42 Å². The Hall–Kier alpha value is -3.92. The molecule has 4 aromatic rings. The molecule has 2 aliphatic rings. The molecule has 1 aliphatic heterocycles. The smallest absolute Gasteiger partial charge is 0.412 e. The molecular formula is C26H20N2O2. The lowest BCUT2D eigenvalue weighted by molar-refractivity contribution is 0.202. The second-order valence-electron chi connectivity index (χ2n) is 7.36. The number of carbonyl (C=O) groups is 1. The van der Waals surface area contributed by atoms with Gasteiger partial charge in [-0.25, -0.2) is 4.79 Å². The topological polar surface area (TPSA) is 53.4 Å². The number of fused-ring (bicyclic) bond motifs is 3. The zero-order valence-corrected chi connectivity index (χ0v) is 16.3. The van der Waals surface area contributed by atoms with Crippen LogP contribution in [0.15, 0.2) is 85.1 Å². The van der Waals surface area contributed by atoms with Crippen LogP contribution in [0, 0.1) is 0 Å². The summed E-state index contributed by atoms with van der Waals surface area (Å²) in [5, 5.41) is 10.2. The maximum absolute atomic E-state index is 10.8. The molecule has 0 spiro atoms. The normalized spacial score (nSPS) is 13.1. The van der Waals surface area contributed by atoms with E-state index < -0.39 is 6.09 Å². The molecule has 6 rings (SSSR count). The Bertz CT molecular complexity index is 1290. The molecule has 0 atom stereocenters. The van der Waals surface area contributed by atoms with E-state index >= 15 is 0 Å². The van der Waals surface area contributed by atoms with E-state index in [0.29, 0.717) is 6.54 Å². The summed E-state index contributed by atoms with van der Waals surface area (Å²) >= 11 is 0. The maximum atomic E-state index is 10.8. The average Bonchev–Trinajstić information content (AvgIpc) is 2.79. The van der Waals surface area contributed by atoms with Crippen LogP contribution in [-0.4, -0.2) is 22.7 Å². The van der Waals surface area contributed by atoms with Gasteiger partial charge < -0.3 is 5.11 Å². The van der Waals surface area contributed by atoms with E-state index in [4.69, 9.17) is 5.11 Å². The Labute approximate surface area is 174 Å². The third-order valence-corrected chi connectivity index (χ3v) is 5.59. The minimum atomic E-state index is -0.906. The van der Waals surface area contributed by atoms with E-state index in [-0.39, 0.29) is 0 Å². The fourth-order valence-corrected chi connectivity index (χ4v) is 4.23. The molecule has 0 saturated heterocycles. The molecule has 4 heteroatoms. The van der Waals surface area contributed by atoms with E-state index in [1.165, 1.54) is 32.5 Å². The molecule has 4 nitrogen and oxygen atoms in total. The van der Waals surface area contributed by atoms with E-state index in [1.54, 1.807) is 0 Å². The number of pyridine rings is 1. The number of amides is 1. The Morgan fingerprint density at radius 3 is 2.57 bits per heavy atom. The molecule has 0 saturated carbocycles. The zero-order valence-electron chi connectivity index (χ0n) is 16.3. The van der Waals surface area contributed by atoms with Gasteiger partial charge in [0.1, 0.15) is 0 Å². The molecule has 0 radical (unpaired) electrons. The highest BCUT2D eigenvalue weighted by molar-refractivity contribution is 5.99. The molecule has 0 fully saturated rings. The van der Waals surface area contributed by atoms with Crippen LogP contribution in [0.4, 0.5) is 10.5 Å². The highest BCUT2D eigenvalue weighted by Gasteiger charge is 2.18. The molecule has 1 aliphatic carbocycles. The van der Waals surface area contributed by atoms with Gasteiger partial charge in [0.2, 0.25) is 0 Å². The zero-order chi connectivity index (χ0) is 20.5. The SMILES string of the molecule is O=C(O)N1CC=Cc2ccccc21.c1ccc2c(c1)Cc1cccc3nccc-2c13. The highest BCUT2D eigenvalue weighted by atomic mass is 16.4. The van der Waals surface area contributed by atoms with E-state index in [1.807, 2.05) is 42.6 Å². The van der Waals surface area contributed by atoms with Crippen molar-refractivity contribution in [2.24, 2.45) is 0 Å². The van der Waals surface area contributed by atoms with Crippen molar-refractivity contribution in [1.29, 1.82) is 0 Å². The Morgan fingerprint density at radius 2 is 1.67 bits per heavy atom. The number of hydrogen-bond donors (Lipinski definition) is 1. The van der Waals surface area contributed by atoms with Crippen LogP contribution in [0.3, 0.4) is 0 Å². The third-order valence-electron chi connectivity index (χ3n) is 5.59. The van der Waals surface area contributed by atoms with Crippen molar-refractivity contribution in [3.63, 3.8) is 0 Å². The number of nitrogens with zero attached hydrogens (tertiary/aromatic N) is 2. The van der Waals surface area contributed by atoms with Crippen molar-refractivity contribution in [3.05, 3.63) is 102 Å². The lowest BCUT2D eigenvalue weighted by Crippen LogP contribution is -2.31. The molecule has 0 unspecified atom stereocenters. The molecule has 2 heterocycles. The number of benzene rings is 3. The second-order valence-corrected chi connectivity index (χ2v) is 7.36. The van der Waals surface area contributed by atoms with Gasteiger partial charge in [-0.1, -0.05) is 66.7 Å². The van der Waals surface area contributed by atoms with Gasteiger partial charge in [0, 0.05) is 18.1 Å². The predicted octanol–water partition coefficient (Wildman–Crippen LogP) is 6.00. The lowest BCUT2D eigenvalue weighted by Gasteiger charge is -2.22. The number of para-hydroxylation sites is 1. The van der Waals surface area contributed by atoms with Crippen molar-refractivity contribution < 1.29 is 9.90 Å². The molecule has 0 bridgehead atoms. The van der Waals surface area contributed by atoms with Crippen LogP contribution in [0.5, 0.6) is 0 Å². The highest BCUT2D eigenvalue weighted by Crippen LogP contribution is 2.38. The van der Waals surface area contributed by atoms with E-state index in [0.717, 1.165) is 23.2 Å². The fraction of sp³-hybridized carbons (Fsp3) is 0.0769. The summed E-state index contributed by atoms with van der Waals surface area (Å²) in [6, 6.07) is 24.6. The van der Waals surface area contributed by atoms with Gasteiger partial charge in [-0.3, -0.25) is 9.88 Å². The number of carboxylic acid groups (broad SMARTS) is 1. The minimum absolute atomic E-state index is 0.437. The molecule has 146 valence electrons. The molecular weight excluding hydrogens is 372 g/mol. The predicted molar refractivity (Wildman–Crippen MR) is 121 cm³/mol. The van der Waals surface area contributed by atoms with Crippen molar-refractivity contribution in [3.8, 4) is 11.1 Å². The van der Waals surface area contributed by atoms with Gasteiger partial charge >= 0.3 is 6.09 Å². The third kappa shape index (κ3) is 3.12. The van der Waals surface area contributed by atoms with Crippen LogP contribution < -0.4 is 4.90 Å². The van der Waals surface area contributed by atoms with Gasteiger partial charge in [-0.05, 0) is 52.4 Å². The fourth-order valence-electron chi connectivity index (χ4n) is 4.23. The summed E-state index contributed by atoms with van der Waals surface area (Å²) in [6.07, 6.45) is 5.80. The summed E-state index contributed by atoms with van der Waals surface area (Å²) in [6.45, 7) is 0.437. The number of aromatic nitrogens is 1. The second kappa shape index (κ2) is 7.48. The van der Waals surface area contributed by atoms with Crippen molar-refractivity contribution >= 4 is 28.8 Å². The summed E-state index contributed by atoms with van der Waals surface area (Å²) in [4.78, 5) is 16.6. The summed E-state index contributed by atoms with van der Waals surface area (Å²) < 4.78 is 0. The average molecular weight is 392 g/mol. The van der Waals surface area contributed by atoms with Crippen molar-refractivity contribution in [1.82, 2.24) is 4.98 Å². The van der Waals surface area contributed by atoms with Gasteiger partial charge in [0.05, 0.1) is 11.2 Å². The summed E-state index contributed by atoms with van der Waals surface area (Å²) in [5.74, 6) is 0. The van der Waals surface area contributed by atoms with Crippen LogP contribution in [0.25, 0.3) is 28.1 Å². The van der Waals surface area contributed by atoms with Crippen molar-refractivity contribution in [2.75, 3.05) is 11.4 Å². The Kier molecular flexibility index (Phi) is 4.52. The van der Waals surface area contributed by atoms with Crippen LogP contribution in [0.1, 0.15) is 16.7 Å². The number of hydrogen-bond acceptors (Lipinski definition) is 2. The standard InChI is InChI=1S/C16H11N.C10H9NO2/c1-2-6-13-11(4-1)10-12-5-3-7-15-16(12)14(13)8-9-17-15;12-10(13)11-7-3-5-8-4-1-2-6-9(8)11/h1-9H,10H2;1-6H,7H2,(H,12,13). The van der Waals surface area contributed by atoms with E-state index in [9.17, 15) is 4.79 Å². The molecule has 1 aromatic heterocycles. The Morgan fingerprint density at radius 1 is 0.867 bits per heavy atom. The number of anilines is 1. The van der Waals surface area contributed by atoms with Gasteiger partial charge in [0.15, 0.2) is 0 Å². The molecule has 30 heavy (non-hydrogen) atoms. The van der Waals surface area contributed by atoms with Gasteiger partial charge in [-0.2, -0.15) is 0 Å². The largest absolute Gasteiger partial charge is 0.465 e. The molecule has 1 N–H and O–H groups in total. The first kappa shape index (κ1) is 18.1. The minimum Gasteiger partial charge on any atom is -0.465 e. The van der Waals surface area contributed by atoms with Gasteiger partial charge in [-0.15, -0.1) is 0 Å². The van der Waals surface area contributed by atoms with Crippen LogP contribution in [-0.2, 0) is 6.42 Å². The van der Waals surface area contributed by atoms with Gasteiger partial charge in [0.25, 0.3) is 0 Å². The maximum Gasteiger partial charge on any atom is 0.412 e. The summed E-state index contributed by atoms with van der Waals surface area (Å²) in [7, 11) is 0. The van der Waals surface area contributed by atoms with E-state index in [2.05, 4.69) is 53.5 Å². The first-order valence-corrected chi connectivity index (χ1v) is 9.93. The first-order chi connectivity index (χ1) is 14.7. The molecule has 3 aromatic carbocycles. The molecule has 1 amide bonds. The summed E-state index contributed by atoms with van der Waals surface area (Å²) in [5.41, 5.74) is 8.32. The quantitative estimate of drug-likeness (QED) is 0.351. The number of rotatable bonds is 0. The first-order valence-electron chi connectivity index (χ1n) is 9.93. The Balaban J connectivity index is 0.000000134. The van der Waals surface area contributed by atoms with Crippen LogP contribution >= 0.6 is 0 Å². The van der Waals surface area contributed by atoms with Crippen LogP contribution in [0.2, 0.25) is 0 Å².